The van der Waals surface area contributed by atoms with Crippen molar-refractivity contribution in [1.29, 1.82) is 0 Å². The van der Waals surface area contributed by atoms with E-state index in [1.54, 1.807) is 48.5 Å². The summed E-state index contributed by atoms with van der Waals surface area (Å²) in [5.74, 6) is -0.234. The molecule has 1 amide bonds. The lowest BCUT2D eigenvalue weighted by atomic mass is 10.1. The first-order valence-electron chi connectivity index (χ1n) is 11.1. The number of hydrogen-bond donors (Lipinski definition) is 1. The first-order valence-corrected chi connectivity index (χ1v) is 11.1. The van der Waals surface area contributed by atoms with Gasteiger partial charge in [0.25, 0.3) is 5.91 Å². The predicted molar refractivity (Wildman–Crippen MR) is 132 cm³/mol. The van der Waals surface area contributed by atoms with Gasteiger partial charge in [-0.05, 0) is 73.9 Å². The zero-order chi connectivity index (χ0) is 24.2. The molecule has 34 heavy (non-hydrogen) atoms. The average molecular weight is 456 g/mol. The zero-order valence-corrected chi connectivity index (χ0v) is 19.3. The molecule has 4 rings (SSSR count). The lowest BCUT2D eigenvalue weighted by molar-refractivity contribution is 0.0505. The van der Waals surface area contributed by atoms with Gasteiger partial charge in [-0.1, -0.05) is 25.1 Å². The summed E-state index contributed by atoms with van der Waals surface area (Å²) >= 11 is 0. The Bertz CT molecular complexity index is 1420. The number of fused-ring (bicyclic) bond motifs is 1. The first kappa shape index (κ1) is 23.0. The number of aryl methyl sites for hydroxylation is 2. The van der Waals surface area contributed by atoms with Crippen molar-refractivity contribution in [3.63, 3.8) is 0 Å². The average Bonchev–Trinajstić information content (AvgIpc) is 2.83. The Morgan fingerprint density at radius 3 is 2.26 bits per heavy atom. The van der Waals surface area contributed by atoms with Crippen LogP contribution in [0, 0.1) is 13.8 Å². The van der Waals surface area contributed by atoms with Crippen molar-refractivity contribution in [2.75, 3.05) is 11.9 Å². The molecule has 0 atom stereocenters. The molecule has 0 aliphatic rings. The van der Waals surface area contributed by atoms with Crippen LogP contribution in [0.5, 0.6) is 0 Å². The third-order valence-electron chi connectivity index (χ3n) is 5.41. The Morgan fingerprint density at radius 1 is 0.912 bits per heavy atom. The van der Waals surface area contributed by atoms with Crippen LogP contribution in [-0.4, -0.2) is 18.5 Å². The number of anilines is 1. The van der Waals surface area contributed by atoms with Crippen LogP contribution in [0.15, 0.2) is 75.9 Å². The molecule has 6 heteroatoms. The quantitative estimate of drug-likeness (QED) is 0.366. The number of carbonyl (C=O) groups is 2. The van der Waals surface area contributed by atoms with E-state index in [4.69, 9.17) is 9.15 Å². The summed E-state index contributed by atoms with van der Waals surface area (Å²) in [6.45, 7) is 6.16. The van der Waals surface area contributed by atoms with Crippen molar-refractivity contribution >= 4 is 28.5 Å². The molecular formula is C28H25NO5. The molecule has 0 aliphatic carbocycles. The van der Waals surface area contributed by atoms with E-state index in [-0.39, 0.29) is 17.3 Å². The maximum Gasteiger partial charge on any atom is 0.338 e. The van der Waals surface area contributed by atoms with Gasteiger partial charge in [0.2, 0.25) is 0 Å². The van der Waals surface area contributed by atoms with Crippen molar-refractivity contribution in [1.82, 2.24) is 0 Å². The minimum absolute atomic E-state index is 0.105. The molecule has 0 fully saturated rings. The molecule has 0 aliphatic heterocycles. The summed E-state index contributed by atoms with van der Waals surface area (Å²) in [4.78, 5) is 37.2. The van der Waals surface area contributed by atoms with Crippen LogP contribution < -0.4 is 10.7 Å². The van der Waals surface area contributed by atoms with Crippen LogP contribution >= 0.6 is 0 Å². The van der Waals surface area contributed by atoms with Gasteiger partial charge < -0.3 is 14.5 Å². The molecule has 1 aromatic heterocycles. The lowest BCUT2D eigenvalue weighted by Gasteiger charge is -2.09. The molecular weight excluding hydrogens is 430 g/mol. The fourth-order valence-corrected chi connectivity index (χ4v) is 3.71. The zero-order valence-electron chi connectivity index (χ0n) is 19.3. The minimum Gasteiger partial charge on any atom is -0.462 e. The highest BCUT2D eigenvalue weighted by atomic mass is 16.5. The molecule has 1 N–H and O–H groups in total. The van der Waals surface area contributed by atoms with E-state index in [0.29, 0.717) is 45.7 Å². The highest BCUT2D eigenvalue weighted by Gasteiger charge is 2.12. The van der Waals surface area contributed by atoms with Gasteiger partial charge >= 0.3 is 5.97 Å². The van der Waals surface area contributed by atoms with Gasteiger partial charge in [0, 0.05) is 22.9 Å². The van der Waals surface area contributed by atoms with Crippen molar-refractivity contribution in [2.24, 2.45) is 0 Å². The Kier molecular flexibility index (Phi) is 6.59. The van der Waals surface area contributed by atoms with E-state index >= 15 is 0 Å². The SMILES string of the molecule is CCCOC(=O)c1ccc(NC(=O)c2ccc(-c3cc(=O)c4cc(C)cc(C)c4o3)cc2)cc1. The van der Waals surface area contributed by atoms with Gasteiger partial charge in [0.1, 0.15) is 11.3 Å². The van der Waals surface area contributed by atoms with Gasteiger partial charge in [-0.25, -0.2) is 4.79 Å². The van der Waals surface area contributed by atoms with Crippen molar-refractivity contribution in [2.45, 2.75) is 27.2 Å². The molecule has 6 nitrogen and oxygen atoms in total. The molecule has 0 saturated carbocycles. The predicted octanol–water partition coefficient (Wildman–Crippen LogP) is 5.90. The van der Waals surface area contributed by atoms with Crippen molar-refractivity contribution in [3.05, 3.63) is 99.2 Å². The van der Waals surface area contributed by atoms with Crippen LogP contribution in [0.3, 0.4) is 0 Å². The molecule has 0 radical (unpaired) electrons. The number of esters is 1. The maximum atomic E-state index is 12.7. The highest BCUT2D eigenvalue weighted by Crippen LogP contribution is 2.25. The monoisotopic (exact) mass is 455 g/mol. The largest absolute Gasteiger partial charge is 0.462 e. The fraction of sp³-hybridized carbons (Fsp3) is 0.179. The van der Waals surface area contributed by atoms with E-state index in [2.05, 4.69) is 5.32 Å². The fourth-order valence-electron chi connectivity index (χ4n) is 3.71. The molecule has 172 valence electrons. The Hall–Kier alpha value is -4.19. The van der Waals surface area contributed by atoms with Gasteiger partial charge in [-0.3, -0.25) is 9.59 Å². The second-order valence-corrected chi connectivity index (χ2v) is 8.18. The second-order valence-electron chi connectivity index (χ2n) is 8.18. The van der Waals surface area contributed by atoms with Crippen LogP contribution in [-0.2, 0) is 4.74 Å². The second kappa shape index (κ2) is 9.75. The Labute approximate surface area is 197 Å². The maximum absolute atomic E-state index is 12.7. The van der Waals surface area contributed by atoms with E-state index in [9.17, 15) is 14.4 Å². The number of hydrogen-bond acceptors (Lipinski definition) is 5. The van der Waals surface area contributed by atoms with Crippen molar-refractivity contribution in [3.8, 4) is 11.3 Å². The lowest BCUT2D eigenvalue weighted by Crippen LogP contribution is -2.12. The highest BCUT2D eigenvalue weighted by molar-refractivity contribution is 6.04. The van der Waals surface area contributed by atoms with E-state index < -0.39 is 0 Å². The molecule has 4 aromatic rings. The minimum atomic E-state index is -0.388. The van der Waals surface area contributed by atoms with Crippen molar-refractivity contribution < 1.29 is 18.7 Å². The van der Waals surface area contributed by atoms with Gasteiger partial charge in [-0.2, -0.15) is 0 Å². The van der Waals surface area contributed by atoms with Gasteiger partial charge in [-0.15, -0.1) is 0 Å². The van der Waals surface area contributed by atoms with E-state index in [1.807, 2.05) is 32.9 Å². The number of amides is 1. The number of rotatable bonds is 6. The van der Waals surface area contributed by atoms with E-state index in [0.717, 1.165) is 17.5 Å². The summed E-state index contributed by atoms with van der Waals surface area (Å²) in [5, 5.41) is 3.37. The van der Waals surface area contributed by atoms with E-state index in [1.165, 1.54) is 6.07 Å². The van der Waals surface area contributed by atoms with Crippen LogP contribution in [0.25, 0.3) is 22.3 Å². The third kappa shape index (κ3) is 4.91. The summed E-state index contributed by atoms with van der Waals surface area (Å²) in [7, 11) is 0. The van der Waals surface area contributed by atoms with Gasteiger partial charge in [0.05, 0.1) is 17.6 Å². The third-order valence-corrected chi connectivity index (χ3v) is 5.41. The summed E-state index contributed by atoms with van der Waals surface area (Å²) in [5.41, 5.74) is 4.51. The number of nitrogens with one attached hydrogen (secondary N) is 1. The standard InChI is InChI=1S/C28H25NO5/c1-4-13-33-28(32)21-9-11-22(12-10-21)29-27(31)20-7-5-19(6-8-20)25-16-24(30)23-15-17(2)14-18(3)26(23)34-25/h5-12,14-16H,4,13H2,1-3H3,(H,29,31). The number of carbonyl (C=O) groups excluding carboxylic acids is 2. The normalized spacial score (nSPS) is 10.8. The van der Waals surface area contributed by atoms with Crippen LogP contribution in [0.4, 0.5) is 5.69 Å². The molecule has 0 saturated heterocycles. The topological polar surface area (TPSA) is 85.6 Å². The number of ether oxygens (including phenoxy) is 1. The molecule has 0 spiro atoms. The smallest absolute Gasteiger partial charge is 0.338 e. The molecule has 3 aromatic carbocycles. The summed E-state index contributed by atoms with van der Waals surface area (Å²) in [6, 6.07) is 18.7. The molecule has 0 bridgehead atoms. The molecule has 0 unspecified atom stereocenters. The number of benzene rings is 3. The first-order chi connectivity index (χ1) is 16.4. The van der Waals surface area contributed by atoms with Crippen LogP contribution in [0.2, 0.25) is 0 Å². The Morgan fingerprint density at radius 2 is 1.59 bits per heavy atom. The van der Waals surface area contributed by atoms with Crippen LogP contribution in [0.1, 0.15) is 45.2 Å². The summed E-state index contributed by atoms with van der Waals surface area (Å²) < 4.78 is 11.1. The van der Waals surface area contributed by atoms with Gasteiger partial charge in [0.15, 0.2) is 5.43 Å². The summed E-state index contributed by atoms with van der Waals surface area (Å²) in [6.07, 6.45) is 0.755. The Balaban J connectivity index is 1.50. The molecule has 1 heterocycles.